The fourth-order valence-corrected chi connectivity index (χ4v) is 4.20. The van der Waals surface area contributed by atoms with Crippen LogP contribution in [0.2, 0.25) is 0 Å². The maximum atomic E-state index is 14.8. The number of benzene rings is 2. The number of methoxy groups -OCH3 is 1. The molecule has 0 aromatic heterocycles. The van der Waals surface area contributed by atoms with E-state index < -0.39 is 11.8 Å². The Hall–Kier alpha value is -2.62. The van der Waals surface area contributed by atoms with Crippen LogP contribution in [-0.4, -0.2) is 18.2 Å². The molecule has 1 N–H and O–H groups in total. The van der Waals surface area contributed by atoms with Crippen LogP contribution in [0.4, 0.5) is 4.39 Å². The quantitative estimate of drug-likeness (QED) is 0.777. The molecule has 0 spiro atoms. The van der Waals surface area contributed by atoms with Crippen molar-refractivity contribution in [3.05, 3.63) is 64.2 Å². The molecule has 0 radical (unpaired) electrons. The van der Waals surface area contributed by atoms with Gasteiger partial charge in [-0.3, -0.25) is 0 Å². The van der Waals surface area contributed by atoms with E-state index in [9.17, 15) is 9.18 Å². The summed E-state index contributed by atoms with van der Waals surface area (Å²) in [5.41, 5.74) is 3.95. The maximum absolute atomic E-state index is 14.8. The first-order chi connectivity index (χ1) is 12.1. The van der Waals surface area contributed by atoms with Crippen molar-refractivity contribution in [2.75, 3.05) is 7.11 Å². The van der Waals surface area contributed by atoms with Crippen molar-refractivity contribution in [2.45, 2.75) is 31.1 Å². The van der Waals surface area contributed by atoms with Crippen LogP contribution in [0.5, 0.6) is 5.75 Å². The molecule has 2 aromatic carbocycles. The molecule has 0 aliphatic heterocycles. The minimum absolute atomic E-state index is 0.0713. The van der Waals surface area contributed by atoms with Gasteiger partial charge >= 0.3 is 5.97 Å². The normalized spacial score (nSPS) is 21.3. The Kier molecular flexibility index (Phi) is 3.83. The Bertz CT molecular complexity index is 885. The largest absolute Gasteiger partial charge is 0.496 e. The molecule has 2 atom stereocenters. The molecule has 0 amide bonds. The number of carboxylic acid groups (broad SMARTS) is 1. The number of hydrogen-bond donors (Lipinski definition) is 1. The van der Waals surface area contributed by atoms with Gasteiger partial charge in [-0.15, -0.1) is 0 Å². The topological polar surface area (TPSA) is 46.5 Å². The van der Waals surface area contributed by atoms with Crippen molar-refractivity contribution in [1.29, 1.82) is 0 Å². The second-order valence-electron chi connectivity index (χ2n) is 6.81. The lowest BCUT2D eigenvalue weighted by Crippen LogP contribution is -1.99. The highest BCUT2D eigenvalue weighted by atomic mass is 19.1. The number of aromatic carboxylic acids is 1. The molecule has 0 heterocycles. The Morgan fingerprint density at radius 3 is 2.64 bits per heavy atom. The second-order valence-corrected chi connectivity index (χ2v) is 6.81. The van der Waals surface area contributed by atoms with Gasteiger partial charge in [0.2, 0.25) is 0 Å². The van der Waals surface area contributed by atoms with Crippen molar-refractivity contribution < 1.29 is 19.0 Å². The van der Waals surface area contributed by atoms with Crippen molar-refractivity contribution in [3.63, 3.8) is 0 Å². The van der Waals surface area contributed by atoms with Crippen LogP contribution in [0.15, 0.2) is 36.4 Å². The average molecular weight is 338 g/mol. The molecular formula is C21H19FO3. The van der Waals surface area contributed by atoms with Crippen LogP contribution in [0.1, 0.15) is 63.7 Å². The van der Waals surface area contributed by atoms with Crippen molar-refractivity contribution >= 4 is 17.9 Å². The van der Waals surface area contributed by atoms with E-state index in [1.54, 1.807) is 0 Å². The second kappa shape index (κ2) is 6.03. The monoisotopic (exact) mass is 338 g/mol. The third-order valence-electron chi connectivity index (χ3n) is 5.42. The van der Waals surface area contributed by atoms with Gasteiger partial charge in [0, 0.05) is 0 Å². The highest BCUT2D eigenvalue weighted by Gasteiger charge is 2.36. The molecule has 2 aliphatic rings. The summed E-state index contributed by atoms with van der Waals surface area (Å²) < 4.78 is 19.9. The molecule has 2 bridgehead atoms. The van der Waals surface area contributed by atoms with Gasteiger partial charge in [0.15, 0.2) is 0 Å². The van der Waals surface area contributed by atoms with Gasteiger partial charge in [-0.25, -0.2) is 9.18 Å². The summed E-state index contributed by atoms with van der Waals surface area (Å²) in [5, 5.41) is 9.05. The SMILES string of the molecule is COc1cc(C(=O)O)ccc1/C(F)=C\c1ccc2c(c1)C1CCC2C1. The predicted octanol–water partition coefficient (Wildman–Crippen LogP) is 5.23. The first-order valence-corrected chi connectivity index (χ1v) is 8.49. The Morgan fingerprint density at radius 2 is 1.92 bits per heavy atom. The minimum Gasteiger partial charge on any atom is -0.496 e. The maximum Gasteiger partial charge on any atom is 0.335 e. The summed E-state index contributed by atoms with van der Waals surface area (Å²) in [7, 11) is 1.41. The molecular weight excluding hydrogens is 319 g/mol. The summed E-state index contributed by atoms with van der Waals surface area (Å²) in [4.78, 5) is 11.0. The molecule has 2 unspecified atom stereocenters. The molecule has 4 rings (SSSR count). The van der Waals surface area contributed by atoms with Crippen LogP contribution in [0, 0.1) is 0 Å². The smallest absolute Gasteiger partial charge is 0.335 e. The first kappa shape index (κ1) is 15.9. The fraction of sp³-hybridized carbons (Fsp3) is 0.286. The molecule has 25 heavy (non-hydrogen) atoms. The van der Waals surface area contributed by atoms with E-state index in [2.05, 4.69) is 12.1 Å². The summed E-state index contributed by atoms with van der Waals surface area (Å²) >= 11 is 0. The zero-order valence-corrected chi connectivity index (χ0v) is 14.0. The number of ether oxygens (including phenoxy) is 1. The van der Waals surface area contributed by atoms with E-state index in [0.717, 1.165) is 5.56 Å². The summed E-state index contributed by atoms with van der Waals surface area (Å²) in [6.07, 6.45) is 5.23. The van der Waals surface area contributed by atoms with E-state index in [-0.39, 0.29) is 16.9 Å². The van der Waals surface area contributed by atoms with Crippen molar-refractivity contribution in [3.8, 4) is 5.75 Å². The van der Waals surface area contributed by atoms with Crippen LogP contribution in [0.25, 0.3) is 11.9 Å². The molecule has 1 fully saturated rings. The lowest BCUT2D eigenvalue weighted by atomic mass is 9.90. The molecule has 128 valence electrons. The van der Waals surface area contributed by atoms with Gasteiger partial charge in [0.1, 0.15) is 11.6 Å². The Balaban J connectivity index is 1.68. The number of hydrogen-bond acceptors (Lipinski definition) is 2. The molecule has 1 saturated carbocycles. The molecule has 3 nitrogen and oxygen atoms in total. The third-order valence-corrected chi connectivity index (χ3v) is 5.42. The van der Waals surface area contributed by atoms with E-state index in [1.165, 1.54) is 61.8 Å². The summed E-state index contributed by atoms with van der Waals surface area (Å²) in [6.45, 7) is 0. The standard InChI is InChI=1S/C21H19FO3/c1-25-20-11-15(21(23)24)5-7-17(20)19(22)9-12-2-6-16-13-3-4-14(10-13)18(16)8-12/h2,5-9,11,13-14H,3-4,10H2,1H3,(H,23,24)/b19-9+. The van der Waals surface area contributed by atoms with Gasteiger partial charge in [-0.1, -0.05) is 18.2 Å². The third kappa shape index (κ3) is 2.72. The Morgan fingerprint density at radius 1 is 1.16 bits per heavy atom. The highest BCUT2D eigenvalue weighted by molar-refractivity contribution is 5.90. The highest BCUT2D eigenvalue weighted by Crippen LogP contribution is 2.53. The van der Waals surface area contributed by atoms with E-state index in [4.69, 9.17) is 9.84 Å². The van der Waals surface area contributed by atoms with Gasteiger partial charge in [0.25, 0.3) is 0 Å². The summed E-state index contributed by atoms with van der Waals surface area (Å²) in [5.74, 6) is 0.0287. The number of rotatable bonds is 4. The van der Waals surface area contributed by atoms with Gasteiger partial charge in [-0.2, -0.15) is 0 Å². The molecule has 2 aromatic rings. The molecule has 0 saturated heterocycles. The predicted molar refractivity (Wildman–Crippen MR) is 94.7 cm³/mol. The van der Waals surface area contributed by atoms with Crippen LogP contribution >= 0.6 is 0 Å². The number of carbonyl (C=O) groups is 1. The molecule has 4 heteroatoms. The van der Waals surface area contributed by atoms with E-state index >= 15 is 0 Å². The number of carboxylic acids is 1. The van der Waals surface area contributed by atoms with Crippen molar-refractivity contribution in [1.82, 2.24) is 0 Å². The zero-order valence-electron chi connectivity index (χ0n) is 14.0. The fourth-order valence-electron chi connectivity index (χ4n) is 4.20. The molecule has 2 aliphatic carbocycles. The Labute approximate surface area is 145 Å². The lowest BCUT2D eigenvalue weighted by Gasteiger charge is -2.15. The average Bonchev–Trinajstić information content (AvgIpc) is 3.23. The van der Waals surface area contributed by atoms with E-state index in [1.807, 2.05) is 6.07 Å². The van der Waals surface area contributed by atoms with Crippen LogP contribution < -0.4 is 4.74 Å². The van der Waals surface area contributed by atoms with Crippen LogP contribution in [0.3, 0.4) is 0 Å². The zero-order chi connectivity index (χ0) is 17.6. The van der Waals surface area contributed by atoms with Gasteiger partial charge in [-0.05, 0) is 72.1 Å². The summed E-state index contributed by atoms with van der Waals surface area (Å²) in [6, 6.07) is 10.3. The first-order valence-electron chi connectivity index (χ1n) is 8.49. The number of fused-ring (bicyclic) bond motifs is 5. The van der Waals surface area contributed by atoms with Gasteiger partial charge < -0.3 is 9.84 Å². The minimum atomic E-state index is -1.07. The number of halogens is 1. The van der Waals surface area contributed by atoms with Crippen LogP contribution in [-0.2, 0) is 0 Å². The lowest BCUT2D eigenvalue weighted by molar-refractivity contribution is 0.0696. The van der Waals surface area contributed by atoms with Crippen molar-refractivity contribution in [2.24, 2.45) is 0 Å². The van der Waals surface area contributed by atoms with E-state index in [0.29, 0.717) is 11.8 Å². The van der Waals surface area contributed by atoms with Gasteiger partial charge in [0.05, 0.1) is 18.2 Å².